The number of allylic oxidation sites excluding steroid dienone is 2. The third kappa shape index (κ3) is 3.28. The Balaban J connectivity index is 2.11. The highest BCUT2D eigenvalue weighted by Crippen LogP contribution is 2.32. The summed E-state index contributed by atoms with van der Waals surface area (Å²) >= 11 is 0. The molecular formula is C16H16O6. The topological polar surface area (TPSA) is 93.1 Å². The summed E-state index contributed by atoms with van der Waals surface area (Å²) in [6.45, 7) is 1.64. The number of ether oxygens (including phenoxy) is 2. The van der Waals surface area contributed by atoms with Crippen molar-refractivity contribution in [2.24, 2.45) is 5.41 Å². The summed E-state index contributed by atoms with van der Waals surface area (Å²) in [5.41, 5.74) is -2.00. The second kappa shape index (κ2) is 6.34. The normalized spacial score (nSPS) is 17.2. The van der Waals surface area contributed by atoms with Gasteiger partial charge in [0.15, 0.2) is 5.41 Å². The quantitative estimate of drug-likeness (QED) is 0.619. The molecule has 0 radical (unpaired) electrons. The van der Waals surface area contributed by atoms with Crippen molar-refractivity contribution >= 4 is 11.9 Å². The molecule has 0 amide bonds. The van der Waals surface area contributed by atoms with Crippen LogP contribution in [0.25, 0.3) is 0 Å². The number of rotatable bonds is 6. The summed E-state index contributed by atoms with van der Waals surface area (Å²) in [6, 6.07) is 8.97. The van der Waals surface area contributed by atoms with Crippen molar-refractivity contribution in [3.63, 3.8) is 0 Å². The van der Waals surface area contributed by atoms with Gasteiger partial charge in [-0.3, -0.25) is 9.59 Å². The highest BCUT2D eigenvalue weighted by Gasteiger charge is 2.45. The Hall–Kier alpha value is -2.76. The third-order valence-electron chi connectivity index (χ3n) is 3.22. The molecule has 0 aliphatic heterocycles. The molecular weight excluding hydrogens is 288 g/mol. The largest absolute Gasteiger partial charge is 0.480 e. The lowest BCUT2D eigenvalue weighted by Crippen LogP contribution is -2.38. The van der Waals surface area contributed by atoms with Crippen molar-refractivity contribution in [3.8, 4) is 5.75 Å². The van der Waals surface area contributed by atoms with E-state index in [0.717, 1.165) is 6.08 Å². The lowest BCUT2D eigenvalue weighted by atomic mass is 9.81. The van der Waals surface area contributed by atoms with Gasteiger partial charge in [0.25, 0.3) is 0 Å². The van der Waals surface area contributed by atoms with Crippen LogP contribution < -0.4 is 4.74 Å². The smallest absolute Gasteiger partial charge is 0.325 e. The third-order valence-corrected chi connectivity index (χ3v) is 3.22. The molecule has 1 aromatic rings. The fourth-order valence-electron chi connectivity index (χ4n) is 2.08. The molecule has 2 N–H and O–H groups in total. The van der Waals surface area contributed by atoms with E-state index in [2.05, 4.69) is 0 Å². The molecule has 1 aliphatic carbocycles. The Bertz CT molecular complexity index is 603. The molecule has 0 heterocycles. The summed E-state index contributed by atoms with van der Waals surface area (Å²) in [6.07, 6.45) is 3.28. The van der Waals surface area contributed by atoms with E-state index >= 15 is 0 Å². The van der Waals surface area contributed by atoms with Crippen LogP contribution in [0.15, 0.2) is 54.3 Å². The molecule has 0 bridgehead atoms. The van der Waals surface area contributed by atoms with Crippen LogP contribution >= 0.6 is 0 Å². The van der Waals surface area contributed by atoms with E-state index in [1.807, 2.05) is 18.2 Å². The van der Waals surface area contributed by atoms with Crippen LogP contribution in [-0.2, 0) is 14.3 Å². The summed E-state index contributed by atoms with van der Waals surface area (Å²) in [5, 5.41) is 18.4. The maximum Gasteiger partial charge on any atom is 0.325 e. The number of hydrogen-bond acceptors (Lipinski definition) is 4. The minimum absolute atomic E-state index is 0.127. The zero-order chi connectivity index (χ0) is 16.2. The molecule has 0 aromatic heterocycles. The first-order chi connectivity index (χ1) is 10.4. The van der Waals surface area contributed by atoms with Crippen LogP contribution in [0, 0.1) is 5.41 Å². The minimum atomic E-state index is -2.00. The fourth-order valence-corrected chi connectivity index (χ4v) is 2.08. The predicted octanol–water partition coefficient (Wildman–Crippen LogP) is 2.43. The zero-order valence-corrected chi connectivity index (χ0v) is 11.9. The number of carboxylic acid groups (broad SMARTS) is 2. The van der Waals surface area contributed by atoms with E-state index in [9.17, 15) is 19.8 Å². The summed E-state index contributed by atoms with van der Waals surface area (Å²) in [7, 11) is 0. The average Bonchev–Trinajstić information content (AvgIpc) is 2.47. The van der Waals surface area contributed by atoms with Gasteiger partial charge in [0.2, 0.25) is 6.29 Å². The molecule has 2 rings (SSSR count). The minimum Gasteiger partial charge on any atom is -0.480 e. The summed E-state index contributed by atoms with van der Waals surface area (Å²) in [5.74, 6) is -2.11. The van der Waals surface area contributed by atoms with Gasteiger partial charge in [-0.15, -0.1) is 0 Å². The van der Waals surface area contributed by atoms with Crippen LogP contribution in [-0.4, -0.2) is 28.4 Å². The first kappa shape index (κ1) is 15.6. The maximum atomic E-state index is 11.3. The monoisotopic (exact) mass is 304 g/mol. The predicted molar refractivity (Wildman–Crippen MR) is 77.2 cm³/mol. The van der Waals surface area contributed by atoms with E-state index < -0.39 is 23.6 Å². The molecule has 0 spiro atoms. The Labute approximate surface area is 127 Å². The van der Waals surface area contributed by atoms with Crippen molar-refractivity contribution in [1.29, 1.82) is 0 Å². The molecule has 116 valence electrons. The molecule has 1 atom stereocenters. The van der Waals surface area contributed by atoms with Crippen LogP contribution in [0.3, 0.4) is 0 Å². The SMILES string of the molecule is CC(OC1=CC(C(=O)O)(C(=O)O)CC=C1)Oc1ccccc1. The Morgan fingerprint density at radius 1 is 1.14 bits per heavy atom. The number of para-hydroxylation sites is 1. The average molecular weight is 304 g/mol. The van der Waals surface area contributed by atoms with Gasteiger partial charge in [-0.1, -0.05) is 24.3 Å². The van der Waals surface area contributed by atoms with E-state index in [4.69, 9.17) is 9.47 Å². The molecule has 0 saturated carbocycles. The van der Waals surface area contributed by atoms with Crippen molar-refractivity contribution in [2.75, 3.05) is 0 Å². The molecule has 22 heavy (non-hydrogen) atoms. The van der Waals surface area contributed by atoms with E-state index in [0.29, 0.717) is 5.75 Å². The van der Waals surface area contributed by atoms with Gasteiger partial charge in [0.05, 0.1) is 0 Å². The van der Waals surface area contributed by atoms with Gasteiger partial charge in [-0.25, -0.2) is 0 Å². The van der Waals surface area contributed by atoms with Gasteiger partial charge in [-0.2, -0.15) is 0 Å². The van der Waals surface area contributed by atoms with E-state index in [-0.39, 0.29) is 12.2 Å². The molecule has 0 fully saturated rings. The molecule has 1 aromatic carbocycles. The Morgan fingerprint density at radius 3 is 2.36 bits per heavy atom. The number of benzene rings is 1. The van der Waals surface area contributed by atoms with Crippen molar-refractivity contribution in [2.45, 2.75) is 19.6 Å². The standard InChI is InChI=1S/C16H16O6/c1-11(21-12-6-3-2-4-7-12)22-13-8-5-9-16(10-13,14(17)18)15(19)20/h2-8,10-11H,9H2,1H3,(H,17,18)(H,19,20). The van der Waals surface area contributed by atoms with Crippen LogP contribution in [0.1, 0.15) is 13.3 Å². The molecule has 6 nitrogen and oxygen atoms in total. The van der Waals surface area contributed by atoms with Crippen molar-refractivity contribution < 1.29 is 29.3 Å². The van der Waals surface area contributed by atoms with Crippen LogP contribution in [0.4, 0.5) is 0 Å². The van der Waals surface area contributed by atoms with Gasteiger partial charge in [-0.05, 0) is 30.7 Å². The lowest BCUT2D eigenvalue weighted by molar-refractivity contribution is -0.160. The van der Waals surface area contributed by atoms with Gasteiger partial charge < -0.3 is 19.7 Å². The lowest BCUT2D eigenvalue weighted by Gasteiger charge is -2.25. The highest BCUT2D eigenvalue weighted by atomic mass is 16.7. The first-order valence-corrected chi connectivity index (χ1v) is 6.68. The molecule has 1 aliphatic rings. The van der Waals surface area contributed by atoms with Crippen LogP contribution in [0.2, 0.25) is 0 Å². The van der Waals surface area contributed by atoms with Crippen LogP contribution in [0.5, 0.6) is 5.75 Å². The van der Waals surface area contributed by atoms with E-state index in [1.54, 1.807) is 19.1 Å². The zero-order valence-electron chi connectivity index (χ0n) is 11.9. The Morgan fingerprint density at radius 2 is 1.77 bits per heavy atom. The highest BCUT2D eigenvalue weighted by molar-refractivity contribution is 6.01. The van der Waals surface area contributed by atoms with Gasteiger partial charge in [0, 0.05) is 6.92 Å². The second-order valence-electron chi connectivity index (χ2n) is 4.85. The summed E-state index contributed by atoms with van der Waals surface area (Å²) in [4.78, 5) is 22.6. The van der Waals surface area contributed by atoms with Crippen molar-refractivity contribution in [3.05, 3.63) is 54.3 Å². The number of carboxylic acids is 2. The van der Waals surface area contributed by atoms with E-state index in [1.165, 1.54) is 12.2 Å². The molecule has 6 heteroatoms. The number of carbonyl (C=O) groups is 2. The fraction of sp³-hybridized carbons (Fsp3) is 0.250. The van der Waals surface area contributed by atoms with Crippen molar-refractivity contribution in [1.82, 2.24) is 0 Å². The summed E-state index contributed by atoms with van der Waals surface area (Å²) < 4.78 is 11.0. The van der Waals surface area contributed by atoms with Gasteiger partial charge >= 0.3 is 11.9 Å². The van der Waals surface area contributed by atoms with Gasteiger partial charge in [0.1, 0.15) is 11.5 Å². The maximum absolute atomic E-state index is 11.3. The number of aliphatic carboxylic acids is 2. The number of hydrogen-bond donors (Lipinski definition) is 2. The first-order valence-electron chi connectivity index (χ1n) is 6.68. The Kier molecular flexibility index (Phi) is 4.50. The molecule has 0 saturated heterocycles. The second-order valence-corrected chi connectivity index (χ2v) is 4.85. The molecule has 1 unspecified atom stereocenters.